The molecule has 1 aliphatic rings. The van der Waals surface area contributed by atoms with E-state index in [0.717, 1.165) is 12.8 Å². The Morgan fingerprint density at radius 1 is 1.38 bits per heavy atom. The van der Waals surface area contributed by atoms with Crippen molar-refractivity contribution in [3.05, 3.63) is 0 Å². The van der Waals surface area contributed by atoms with Gasteiger partial charge in [-0.25, -0.2) is 0 Å². The lowest BCUT2D eigenvalue weighted by atomic mass is 9.84. The van der Waals surface area contributed by atoms with Crippen LogP contribution in [0.4, 0.5) is 0 Å². The molecule has 4 heteroatoms. The molecule has 78 valence electrons. The molecular weight excluding hydrogens is 190 g/mol. The zero-order valence-corrected chi connectivity index (χ0v) is 8.85. The summed E-state index contributed by atoms with van der Waals surface area (Å²) in [5.41, 5.74) is 4.02. The maximum absolute atomic E-state index is 10.9. The first-order valence-electron chi connectivity index (χ1n) is 4.62. The van der Waals surface area contributed by atoms with E-state index < -0.39 is 0 Å². The van der Waals surface area contributed by atoms with Crippen molar-refractivity contribution in [2.24, 2.45) is 5.92 Å². The third-order valence-corrected chi connectivity index (χ3v) is 2.65. The maximum Gasteiger partial charge on any atom is 0.305 e. The molecule has 1 saturated carbocycles. The maximum atomic E-state index is 10.9. The van der Waals surface area contributed by atoms with Gasteiger partial charge in [-0.3, -0.25) is 4.79 Å². The molecule has 0 aromatic heterocycles. The van der Waals surface area contributed by atoms with E-state index in [2.05, 4.69) is 10.5 Å². The highest BCUT2D eigenvalue weighted by atomic mass is 35.5. The quantitative estimate of drug-likeness (QED) is 0.504. The van der Waals surface area contributed by atoms with Gasteiger partial charge in [0.2, 0.25) is 0 Å². The number of carbonyl (C=O) groups excluding carboxylic acids is 1. The second-order valence-corrected chi connectivity index (χ2v) is 3.67. The summed E-state index contributed by atoms with van der Waals surface area (Å²) in [6.07, 6.45) is 5.22. The molecule has 0 aromatic rings. The molecule has 0 radical (unpaired) electrons. The number of carbonyl (C=O) groups is 1. The molecule has 13 heavy (non-hydrogen) atoms. The fourth-order valence-electron chi connectivity index (χ4n) is 1.75. The molecule has 0 unspecified atom stereocenters. The molecule has 0 bridgehead atoms. The summed E-state index contributed by atoms with van der Waals surface area (Å²) in [5.74, 6) is 0.484. The largest absolute Gasteiger partial charge is 1.00 e. The molecule has 0 aromatic carbocycles. The molecular formula is C9H18ClNO2. The number of quaternary nitrogens is 1. The third kappa shape index (κ3) is 4.48. The summed E-state index contributed by atoms with van der Waals surface area (Å²) in [6.45, 7) is 0. The van der Waals surface area contributed by atoms with Gasteiger partial charge in [-0.05, 0) is 31.6 Å². The topological polar surface area (TPSA) is 53.9 Å². The normalized spacial score (nSPS) is 27.5. The van der Waals surface area contributed by atoms with Gasteiger partial charge in [-0.1, -0.05) is 0 Å². The van der Waals surface area contributed by atoms with Gasteiger partial charge < -0.3 is 22.9 Å². The van der Waals surface area contributed by atoms with E-state index >= 15 is 0 Å². The molecule has 3 N–H and O–H groups in total. The van der Waals surface area contributed by atoms with Crippen molar-refractivity contribution in [1.29, 1.82) is 0 Å². The van der Waals surface area contributed by atoms with E-state index in [1.54, 1.807) is 0 Å². The Bertz CT molecular complexity index is 156. The SMILES string of the molecule is COC(=O)CC1CCC([NH3+])CC1.[Cl-]. The van der Waals surface area contributed by atoms with E-state index in [-0.39, 0.29) is 18.4 Å². The van der Waals surface area contributed by atoms with Crippen LogP contribution in [0.2, 0.25) is 0 Å². The molecule has 1 rings (SSSR count). The fourth-order valence-corrected chi connectivity index (χ4v) is 1.75. The van der Waals surface area contributed by atoms with Gasteiger partial charge in [0.25, 0.3) is 0 Å². The predicted molar refractivity (Wildman–Crippen MR) is 45.3 cm³/mol. The molecule has 0 saturated heterocycles. The van der Waals surface area contributed by atoms with Crippen LogP contribution in [0.25, 0.3) is 0 Å². The van der Waals surface area contributed by atoms with Crippen LogP contribution < -0.4 is 18.1 Å². The molecule has 0 amide bonds. The summed E-state index contributed by atoms with van der Waals surface area (Å²) in [6, 6.07) is 0.610. The van der Waals surface area contributed by atoms with Crippen LogP contribution in [0.3, 0.4) is 0 Å². The lowest BCUT2D eigenvalue weighted by Crippen LogP contribution is -3.00. The molecule has 0 spiro atoms. The Morgan fingerprint density at radius 2 is 1.92 bits per heavy atom. The van der Waals surface area contributed by atoms with E-state index in [1.807, 2.05) is 0 Å². The first kappa shape index (κ1) is 12.7. The van der Waals surface area contributed by atoms with Gasteiger partial charge in [0, 0.05) is 6.42 Å². The van der Waals surface area contributed by atoms with Crippen LogP contribution in [0.1, 0.15) is 32.1 Å². The molecule has 0 aliphatic heterocycles. The first-order valence-corrected chi connectivity index (χ1v) is 4.62. The van der Waals surface area contributed by atoms with Crippen molar-refractivity contribution in [3.8, 4) is 0 Å². The van der Waals surface area contributed by atoms with Gasteiger partial charge in [-0.15, -0.1) is 0 Å². The van der Waals surface area contributed by atoms with Gasteiger partial charge in [0.1, 0.15) is 0 Å². The highest BCUT2D eigenvalue weighted by molar-refractivity contribution is 5.69. The van der Waals surface area contributed by atoms with Crippen molar-refractivity contribution in [2.75, 3.05) is 7.11 Å². The Morgan fingerprint density at radius 3 is 2.38 bits per heavy atom. The van der Waals surface area contributed by atoms with Gasteiger partial charge in [0.15, 0.2) is 0 Å². The van der Waals surface area contributed by atoms with Crippen LogP contribution in [-0.2, 0) is 9.53 Å². The Kier molecular flexibility index (Phi) is 6.08. The number of rotatable bonds is 2. The van der Waals surface area contributed by atoms with Crippen molar-refractivity contribution in [2.45, 2.75) is 38.1 Å². The Labute approximate surface area is 85.4 Å². The number of ether oxygens (including phenoxy) is 1. The van der Waals surface area contributed by atoms with E-state index in [1.165, 1.54) is 20.0 Å². The number of esters is 1. The summed E-state index contributed by atoms with van der Waals surface area (Å²) in [7, 11) is 1.45. The molecule has 0 heterocycles. The van der Waals surface area contributed by atoms with Crippen LogP contribution in [0, 0.1) is 5.92 Å². The molecule has 3 nitrogen and oxygen atoms in total. The zero-order valence-electron chi connectivity index (χ0n) is 8.09. The predicted octanol–water partition coefficient (Wildman–Crippen LogP) is -2.65. The zero-order chi connectivity index (χ0) is 8.97. The summed E-state index contributed by atoms with van der Waals surface area (Å²) in [4.78, 5) is 10.9. The van der Waals surface area contributed by atoms with Crippen molar-refractivity contribution in [1.82, 2.24) is 0 Å². The van der Waals surface area contributed by atoms with Gasteiger partial charge in [0.05, 0.1) is 13.2 Å². The summed E-state index contributed by atoms with van der Waals surface area (Å²) in [5, 5.41) is 0. The lowest BCUT2D eigenvalue weighted by Gasteiger charge is -2.22. The van der Waals surface area contributed by atoms with Crippen molar-refractivity contribution in [3.63, 3.8) is 0 Å². The highest BCUT2D eigenvalue weighted by Gasteiger charge is 2.22. The number of halogens is 1. The molecule has 0 atom stereocenters. The smallest absolute Gasteiger partial charge is 0.305 e. The minimum absolute atomic E-state index is 0. The minimum Gasteiger partial charge on any atom is -1.00 e. The van der Waals surface area contributed by atoms with Gasteiger partial charge >= 0.3 is 5.97 Å². The van der Waals surface area contributed by atoms with E-state index in [0.29, 0.717) is 18.4 Å². The standard InChI is InChI=1S/C9H17NO2.ClH/c1-12-9(11)6-7-2-4-8(10)5-3-7;/h7-8H,2-6,10H2,1H3;1H. The third-order valence-electron chi connectivity index (χ3n) is 2.65. The lowest BCUT2D eigenvalue weighted by molar-refractivity contribution is -0.426. The second kappa shape index (κ2) is 6.22. The van der Waals surface area contributed by atoms with Crippen LogP contribution in [0.15, 0.2) is 0 Å². The van der Waals surface area contributed by atoms with E-state index in [9.17, 15) is 4.79 Å². The summed E-state index contributed by atoms with van der Waals surface area (Å²) < 4.78 is 4.63. The number of hydrogen-bond acceptors (Lipinski definition) is 2. The van der Waals surface area contributed by atoms with E-state index in [4.69, 9.17) is 0 Å². The highest BCUT2D eigenvalue weighted by Crippen LogP contribution is 2.25. The van der Waals surface area contributed by atoms with Gasteiger partial charge in [-0.2, -0.15) is 0 Å². The molecule has 1 aliphatic carbocycles. The second-order valence-electron chi connectivity index (χ2n) is 3.67. The fraction of sp³-hybridized carbons (Fsp3) is 0.889. The first-order chi connectivity index (χ1) is 5.72. The molecule has 1 fully saturated rings. The Balaban J connectivity index is 0.00000144. The minimum atomic E-state index is -0.0671. The average Bonchev–Trinajstić information content (AvgIpc) is 2.09. The van der Waals surface area contributed by atoms with Crippen LogP contribution in [0.5, 0.6) is 0 Å². The Hall–Kier alpha value is -0.280. The van der Waals surface area contributed by atoms with Crippen molar-refractivity contribution < 1.29 is 27.7 Å². The summed E-state index contributed by atoms with van der Waals surface area (Å²) >= 11 is 0. The average molecular weight is 208 g/mol. The monoisotopic (exact) mass is 207 g/mol. The van der Waals surface area contributed by atoms with Crippen LogP contribution in [-0.4, -0.2) is 19.1 Å². The van der Waals surface area contributed by atoms with Crippen LogP contribution >= 0.6 is 0 Å². The number of methoxy groups -OCH3 is 1. The number of hydrogen-bond donors (Lipinski definition) is 1. The van der Waals surface area contributed by atoms with Crippen molar-refractivity contribution >= 4 is 5.97 Å².